The molecule has 8 heteroatoms. The van der Waals surface area contributed by atoms with Crippen LogP contribution in [0.5, 0.6) is 0 Å². The van der Waals surface area contributed by atoms with Gasteiger partial charge >= 0.3 is 5.97 Å². The highest BCUT2D eigenvalue weighted by atomic mass is 32.2. The van der Waals surface area contributed by atoms with E-state index in [-0.39, 0.29) is 5.69 Å². The van der Waals surface area contributed by atoms with Gasteiger partial charge < -0.3 is 15.5 Å². The Bertz CT molecular complexity index is 817. The van der Waals surface area contributed by atoms with Crippen molar-refractivity contribution in [1.82, 2.24) is 19.9 Å². The van der Waals surface area contributed by atoms with Crippen LogP contribution < -0.4 is 5.73 Å². The van der Waals surface area contributed by atoms with Gasteiger partial charge in [-0.2, -0.15) is 0 Å². The van der Waals surface area contributed by atoms with E-state index >= 15 is 0 Å². The number of ether oxygens (including phenoxy) is 1. The summed E-state index contributed by atoms with van der Waals surface area (Å²) < 4.78 is 4.61. The Morgan fingerprint density at radius 2 is 2.19 bits per heavy atom. The van der Waals surface area contributed by atoms with Gasteiger partial charge in [-0.3, -0.25) is 4.98 Å². The number of anilines is 1. The van der Waals surface area contributed by atoms with Crippen LogP contribution in [0.15, 0.2) is 40.8 Å². The summed E-state index contributed by atoms with van der Waals surface area (Å²) in [5.41, 5.74) is 8.19. The van der Waals surface area contributed by atoms with E-state index in [0.29, 0.717) is 15.9 Å². The van der Waals surface area contributed by atoms with Crippen molar-refractivity contribution >= 4 is 34.5 Å². The summed E-state index contributed by atoms with van der Waals surface area (Å²) in [5.74, 6) is -0.526. The smallest absolute Gasteiger partial charge is 0.358 e. The van der Waals surface area contributed by atoms with Crippen LogP contribution in [0.3, 0.4) is 0 Å². The van der Waals surface area contributed by atoms with Crippen LogP contribution in [0.25, 0.3) is 11.0 Å². The molecule has 0 bridgehead atoms. The van der Waals surface area contributed by atoms with Crippen molar-refractivity contribution in [3.63, 3.8) is 0 Å². The Hall–Kier alpha value is -2.61. The average Bonchev–Trinajstić information content (AvgIpc) is 2.88. The summed E-state index contributed by atoms with van der Waals surface area (Å²) in [5, 5.41) is 1.19. The minimum Gasteiger partial charge on any atom is -0.464 e. The second kappa shape index (κ2) is 5.41. The van der Waals surface area contributed by atoms with Crippen LogP contribution in [-0.4, -0.2) is 33.0 Å². The molecule has 0 aliphatic rings. The van der Waals surface area contributed by atoms with Gasteiger partial charge in [-0.1, -0.05) is 0 Å². The lowest BCUT2D eigenvalue weighted by Crippen LogP contribution is -2.05. The lowest BCUT2D eigenvalue weighted by Gasteiger charge is -2.00. The third-order valence-electron chi connectivity index (χ3n) is 2.69. The molecule has 0 aliphatic heterocycles. The zero-order valence-electron chi connectivity index (χ0n) is 11.0. The van der Waals surface area contributed by atoms with Gasteiger partial charge in [0.15, 0.2) is 10.9 Å². The maximum Gasteiger partial charge on any atom is 0.358 e. The van der Waals surface area contributed by atoms with Gasteiger partial charge in [0, 0.05) is 5.69 Å². The molecule has 0 atom stereocenters. The average molecular weight is 301 g/mol. The third kappa shape index (κ3) is 2.79. The molecular weight excluding hydrogens is 290 g/mol. The maximum absolute atomic E-state index is 11.4. The van der Waals surface area contributed by atoms with E-state index in [1.54, 1.807) is 12.3 Å². The van der Waals surface area contributed by atoms with Crippen molar-refractivity contribution in [1.29, 1.82) is 0 Å². The zero-order chi connectivity index (χ0) is 14.8. The van der Waals surface area contributed by atoms with E-state index in [0.717, 1.165) is 11.0 Å². The predicted molar refractivity (Wildman–Crippen MR) is 78.0 cm³/mol. The van der Waals surface area contributed by atoms with Gasteiger partial charge in [-0.25, -0.2) is 14.8 Å². The molecule has 3 N–H and O–H groups in total. The second-order valence-corrected chi connectivity index (χ2v) is 5.16. The molecule has 0 fully saturated rings. The van der Waals surface area contributed by atoms with Crippen molar-refractivity contribution < 1.29 is 9.53 Å². The van der Waals surface area contributed by atoms with Gasteiger partial charge in [0.2, 0.25) is 0 Å². The zero-order valence-corrected chi connectivity index (χ0v) is 11.8. The number of carbonyl (C=O) groups excluding carboxylic acids is 1. The number of nitrogen functional groups attached to an aromatic ring is 1. The number of benzene rings is 1. The molecule has 106 valence electrons. The number of nitrogens with two attached hydrogens (primary N) is 1. The topological polar surface area (TPSA) is 107 Å². The van der Waals surface area contributed by atoms with Crippen LogP contribution in [-0.2, 0) is 4.74 Å². The number of esters is 1. The third-order valence-corrected chi connectivity index (χ3v) is 3.48. The Morgan fingerprint density at radius 3 is 3.00 bits per heavy atom. The van der Waals surface area contributed by atoms with Crippen molar-refractivity contribution in [3.05, 3.63) is 36.3 Å². The lowest BCUT2D eigenvalue weighted by atomic mass is 10.3. The van der Waals surface area contributed by atoms with Crippen LogP contribution in [0.4, 0.5) is 5.69 Å². The molecule has 2 heterocycles. The largest absolute Gasteiger partial charge is 0.464 e. The highest BCUT2D eigenvalue weighted by Gasteiger charge is 2.11. The number of carbonyl (C=O) groups is 1. The normalized spacial score (nSPS) is 10.7. The number of H-pyrrole nitrogens is 1. The number of rotatable bonds is 3. The quantitative estimate of drug-likeness (QED) is 0.561. The SMILES string of the molecule is COC(=O)c1cncc(Sc2nc3ccc(N)cc3[nH]2)n1. The summed E-state index contributed by atoms with van der Waals surface area (Å²) in [6.45, 7) is 0. The Kier molecular flexibility index (Phi) is 3.44. The first kappa shape index (κ1) is 13.4. The number of imidazole rings is 1. The fourth-order valence-corrected chi connectivity index (χ4v) is 2.51. The van der Waals surface area contributed by atoms with Gasteiger partial charge in [-0.05, 0) is 30.0 Å². The van der Waals surface area contributed by atoms with E-state index < -0.39 is 5.97 Å². The number of nitrogens with zero attached hydrogens (tertiary/aromatic N) is 3. The fourth-order valence-electron chi connectivity index (χ4n) is 1.75. The molecular formula is C13H11N5O2S. The summed E-state index contributed by atoms with van der Waals surface area (Å²) in [7, 11) is 1.30. The van der Waals surface area contributed by atoms with E-state index in [4.69, 9.17) is 5.73 Å². The van der Waals surface area contributed by atoms with Crippen LogP contribution >= 0.6 is 11.8 Å². The van der Waals surface area contributed by atoms with Crippen molar-refractivity contribution in [2.24, 2.45) is 0 Å². The van der Waals surface area contributed by atoms with Crippen molar-refractivity contribution in [3.8, 4) is 0 Å². The Labute approximate surface area is 124 Å². The molecule has 0 amide bonds. The van der Waals surface area contributed by atoms with Gasteiger partial charge in [0.25, 0.3) is 0 Å². The number of methoxy groups -OCH3 is 1. The highest BCUT2D eigenvalue weighted by molar-refractivity contribution is 7.99. The number of fused-ring (bicyclic) bond motifs is 1. The monoisotopic (exact) mass is 301 g/mol. The summed E-state index contributed by atoms with van der Waals surface area (Å²) in [6.07, 6.45) is 2.91. The van der Waals surface area contributed by atoms with Crippen LogP contribution in [0.1, 0.15) is 10.5 Å². The minimum absolute atomic E-state index is 0.155. The number of hydrogen-bond acceptors (Lipinski definition) is 7. The first-order valence-electron chi connectivity index (χ1n) is 5.99. The number of nitrogens with one attached hydrogen (secondary N) is 1. The molecule has 21 heavy (non-hydrogen) atoms. The first-order valence-corrected chi connectivity index (χ1v) is 6.81. The number of aromatic nitrogens is 4. The molecule has 0 spiro atoms. The second-order valence-electron chi connectivity index (χ2n) is 4.15. The summed E-state index contributed by atoms with van der Waals surface area (Å²) >= 11 is 1.27. The molecule has 3 rings (SSSR count). The van der Waals surface area contributed by atoms with Gasteiger partial charge in [0.05, 0.1) is 30.5 Å². The first-order chi connectivity index (χ1) is 10.2. The van der Waals surface area contributed by atoms with E-state index in [2.05, 4.69) is 24.7 Å². The van der Waals surface area contributed by atoms with E-state index in [9.17, 15) is 4.79 Å². The fraction of sp³-hybridized carbons (Fsp3) is 0.0769. The summed E-state index contributed by atoms with van der Waals surface area (Å²) in [6, 6.07) is 5.43. The molecule has 0 radical (unpaired) electrons. The Balaban J connectivity index is 1.89. The number of aromatic amines is 1. The minimum atomic E-state index is -0.526. The molecule has 3 aromatic rings. The van der Waals surface area contributed by atoms with Crippen LogP contribution in [0, 0.1) is 0 Å². The Morgan fingerprint density at radius 1 is 1.33 bits per heavy atom. The molecule has 0 aliphatic carbocycles. The van der Waals surface area contributed by atoms with E-state index in [1.165, 1.54) is 25.1 Å². The maximum atomic E-state index is 11.4. The molecule has 1 aromatic carbocycles. The number of hydrogen-bond donors (Lipinski definition) is 2. The standard InChI is InChI=1S/C13H11N5O2S/c1-20-12(19)10-5-15-6-11(16-10)21-13-17-8-3-2-7(14)4-9(8)18-13/h2-6H,14H2,1H3,(H,17,18). The van der Waals surface area contributed by atoms with Crippen molar-refractivity contribution in [2.45, 2.75) is 10.2 Å². The highest BCUT2D eigenvalue weighted by Crippen LogP contribution is 2.26. The van der Waals surface area contributed by atoms with E-state index in [1.807, 2.05) is 12.1 Å². The lowest BCUT2D eigenvalue weighted by molar-refractivity contribution is 0.0592. The van der Waals surface area contributed by atoms with Crippen LogP contribution in [0.2, 0.25) is 0 Å². The molecule has 2 aromatic heterocycles. The molecule has 0 saturated heterocycles. The molecule has 0 unspecified atom stereocenters. The molecule has 0 saturated carbocycles. The van der Waals surface area contributed by atoms with Crippen molar-refractivity contribution in [2.75, 3.05) is 12.8 Å². The molecule has 7 nitrogen and oxygen atoms in total. The predicted octanol–water partition coefficient (Wildman–Crippen LogP) is 1.87. The summed E-state index contributed by atoms with van der Waals surface area (Å²) in [4.78, 5) is 27.1. The van der Waals surface area contributed by atoms with Gasteiger partial charge in [-0.15, -0.1) is 0 Å². The van der Waals surface area contributed by atoms with Gasteiger partial charge in [0.1, 0.15) is 5.03 Å².